The molecular weight excluding hydrogens is 412 g/mol. The van der Waals surface area contributed by atoms with Crippen molar-refractivity contribution in [2.45, 2.75) is 17.2 Å². The predicted molar refractivity (Wildman–Crippen MR) is 122 cm³/mol. The van der Waals surface area contributed by atoms with E-state index in [-0.39, 0.29) is 0 Å². The molecule has 2 aromatic heterocycles. The average molecular weight is 425 g/mol. The van der Waals surface area contributed by atoms with Crippen molar-refractivity contribution in [3.63, 3.8) is 0 Å². The first kappa shape index (κ1) is 19.7. The first-order valence-corrected chi connectivity index (χ1v) is 10.1. The third kappa shape index (κ3) is 2.91. The van der Waals surface area contributed by atoms with Gasteiger partial charge in [-0.15, -0.1) is 0 Å². The molecule has 1 unspecified atom stereocenters. The molecule has 0 bridgehead atoms. The molecule has 1 aliphatic rings. The van der Waals surface area contributed by atoms with Crippen molar-refractivity contribution < 1.29 is 0 Å². The van der Waals surface area contributed by atoms with E-state index in [1.54, 1.807) is 22.7 Å². The van der Waals surface area contributed by atoms with Crippen LogP contribution in [0.15, 0.2) is 61.1 Å². The second-order valence-corrected chi connectivity index (χ2v) is 8.33. The van der Waals surface area contributed by atoms with E-state index < -0.39 is 10.7 Å². The highest BCUT2D eigenvalue weighted by molar-refractivity contribution is 6.46. The van der Waals surface area contributed by atoms with Crippen molar-refractivity contribution in [1.29, 1.82) is 0 Å². The lowest BCUT2D eigenvalue weighted by molar-refractivity contribution is 0.457. The summed E-state index contributed by atoms with van der Waals surface area (Å²) >= 11 is 12.4. The number of aromatic nitrogens is 3. The van der Waals surface area contributed by atoms with Crippen LogP contribution >= 0.6 is 23.2 Å². The zero-order valence-corrected chi connectivity index (χ0v) is 17.3. The van der Waals surface area contributed by atoms with Gasteiger partial charge >= 0.3 is 0 Å². The van der Waals surface area contributed by atoms with Gasteiger partial charge < -0.3 is 5.32 Å². The summed E-state index contributed by atoms with van der Waals surface area (Å²) in [5.41, 5.74) is 5.31. The fraction of sp³-hybridized carbons (Fsp3) is 0.143. The summed E-state index contributed by atoms with van der Waals surface area (Å²) in [5.74, 6) is 0. The SMILES string of the molecule is [B]C1([B])NCc2cc(-c3ccc4ncnn4c3)ccc2C1([B])c1ccc(Cl)c(Cl)c1. The number of halogens is 2. The number of hydrogen-bond donors (Lipinski definition) is 1. The molecule has 30 heavy (non-hydrogen) atoms. The Morgan fingerprint density at radius 3 is 2.53 bits per heavy atom. The van der Waals surface area contributed by atoms with Crippen LogP contribution in [-0.2, 0) is 11.9 Å². The molecule has 140 valence electrons. The summed E-state index contributed by atoms with van der Waals surface area (Å²) in [6, 6.07) is 15.2. The van der Waals surface area contributed by atoms with Gasteiger partial charge in [-0.3, -0.25) is 0 Å². The summed E-state index contributed by atoms with van der Waals surface area (Å²) < 4.78 is 1.74. The van der Waals surface area contributed by atoms with Crippen LogP contribution in [0.25, 0.3) is 16.8 Å². The van der Waals surface area contributed by atoms with E-state index in [1.807, 2.05) is 30.5 Å². The zero-order chi connectivity index (χ0) is 21.1. The molecule has 4 nitrogen and oxygen atoms in total. The summed E-state index contributed by atoms with van der Waals surface area (Å²) in [7, 11) is 19.8. The monoisotopic (exact) mass is 424 g/mol. The quantitative estimate of drug-likeness (QED) is 0.503. The Balaban J connectivity index is 1.65. The molecule has 0 amide bonds. The van der Waals surface area contributed by atoms with Gasteiger partial charge in [0.1, 0.15) is 6.33 Å². The van der Waals surface area contributed by atoms with Crippen LogP contribution in [0.5, 0.6) is 0 Å². The fourth-order valence-electron chi connectivity index (χ4n) is 4.03. The Morgan fingerprint density at radius 1 is 0.933 bits per heavy atom. The minimum Gasteiger partial charge on any atom is -0.323 e. The van der Waals surface area contributed by atoms with Gasteiger partial charge in [-0.05, 0) is 57.9 Å². The van der Waals surface area contributed by atoms with Gasteiger partial charge in [-0.2, -0.15) is 5.10 Å². The molecule has 1 atom stereocenters. The Bertz CT molecular complexity index is 1290. The lowest BCUT2D eigenvalue weighted by Gasteiger charge is -2.52. The second-order valence-electron chi connectivity index (χ2n) is 7.51. The first-order valence-electron chi connectivity index (χ1n) is 9.30. The third-order valence-corrected chi connectivity index (χ3v) is 6.48. The van der Waals surface area contributed by atoms with E-state index in [2.05, 4.69) is 21.5 Å². The zero-order valence-electron chi connectivity index (χ0n) is 15.8. The van der Waals surface area contributed by atoms with E-state index >= 15 is 0 Å². The Hall–Kier alpha value is -2.21. The minimum absolute atomic E-state index is 0.389. The van der Waals surface area contributed by atoms with Gasteiger partial charge in [-0.25, -0.2) is 9.50 Å². The maximum atomic E-state index is 6.90. The molecule has 1 aliphatic heterocycles. The van der Waals surface area contributed by atoms with E-state index in [0.29, 0.717) is 22.2 Å². The molecule has 0 saturated heterocycles. The highest BCUT2D eigenvalue weighted by Crippen LogP contribution is 2.43. The summed E-state index contributed by atoms with van der Waals surface area (Å²) in [4.78, 5) is 4.18. The molecule has 0 aliphatic carbocycles. The number of pyridine rings is 1. The first-order chi connectivity index (χ1) is 14.3. The molecule has 5 rings (SSSR count). The van der Waals surface area contributed by atoms with Crippen LogP contribution in [0.2, 0.25) is 10.0 Å². The van der Waals surface area contributed by atoms with Crippen molar-refractivity contribution in [2.24, 2.45) is 0 Å². The molecule has 9 heteroatoms. The average Bonchev–Trinajstić information content (AvgIpc) is 3.20. The predicted octanol–water partition coefficient (Wildman–Crippen LogP) is 3.21. The van der Waals surface area contributed by atoms with Crippen molar-refractivity contribution in [2.75, 3.05) is 0 Å². The maximum Gasteiger partial charge on any atom is 0.155 e. The summed E-state index contributed by atoms with van der Waals surface area (Å²) in [5, 5.41) is 5.59. The van der Waals surface area contributed by atoms with Crippen LogP contribution in [0.4, 0.5) is 0 Å². The van der Waals surface area contributed by atoms with Crippen LogP contribution < -0.4 is 5.32 Å². The second kappa shape index (κ2) is 6.91. The molecule has 1 N–H and O–H groups in total. The molecule has 0 saturated carbocycles. The van der Waals surface area contributed by atoms with Gasteiger partial charge in [0.2, 0.25) is 0 Å². The highest BCUT2D eigenvalue weighted by atomic mass is 35.5. The number of hydrogen-bond acceptors (Lipinski definition) is 3. The maximum absolute atomic E-state index is 6.90. The van der Waals surface area contributed by atoms with Gasteiger partial charge in [0.15, 0.2) is 5.65 Å². The number of nitrogens with one attached hydrogen (secondary N) is 1. The Kier molecular flexibility index (Phi) is 4.55. The van der Waals surface area contributed by atoms with Crippen LogP contribution in [0.1, 0.15) is 16.7 Å². The molecule has 0 fully saturated rings. The number of nitrogens with zero attached hydrogens (tertiary/aromatic N) is 3. The lowest BCUT2D eigenvalue weighted by Crippen LogP contribution is -2.65. The number of fused-ring (bicyclic) bond motifs is 2. The van der Waals surface area contributed by atoms with Gasteiger partial charge in [-0.1, -0.05) is 46.7 Å². The fourth-order valence-corrected chi connectivity index (χ4v) is 4.33. The van der Waals surface area contributed by atoms with Gasteiger partial charge in [0.05, 0.1) is 33.6 Å². The third-order valence-electron chi connectivity index (χ3n) is 5.74. The van der Waals surface area contributed by atoms with E-state index in [4.69, 9.17) is 46.7 Å². The van der Waals surface area contributed by atoms with E-state index in [9.17, 15) is 0 Å². The molecule has 6 radical (unpaired) electrons. The van der Waals surface area contributed by atoms with Crippen molar-refractivity contribution in [1.82, 2.24) is 19.9 Å². The summed E-state index contributed by atoms with van der Waals surface area (Å²) in [6.07, 6.45) is 3.46. The highest BCUT2D eigenvalue weighted by Gasteiger charge is 2.45. The largest absolute Gasteiger partial charge is 0.323 e. The number of rotatable bonds is 2. The van der Waals surface area contributed by atoms with Gasteiger partial charge in [0, 0.05) is 18.3 Å². The molecule has 0 spiro atoms. The van der Waals surface area contributed by atoms with Crippen LogP contribution in [0, 0.1) is 0 Å². The molecule has 4 aromatic rings. The molecule has 2 aromatic carbocycles. The Labute approximate surface area is 188 Å². The standard InChI is InChI=1S/C21H13B3Cl2N4/c22-20(15-3-5-17(25)18(26)8-15)16-4-1-12(7-14(16)9-28-21(20,23)24)13-2-6-19-27-11-29-30(19)10-13/h1-8,10-11,28H,9H2. The van der Waals surface area contributed by atoms with Gasteiger partial charge in [0.25, 0.3) is 0 Å². The molecular formula is C21H13B3Cl2N4. The summed E-state index contributed by atoms with van der Waals surface area (Å²) in [6.45, 7) is 0.474. The Morgan fingerprint density at radius 2 is 1.73 bits per heavy atom. The lowest BCUT2D eigenvalue weighted by atomic mass is 9.36. The van der Waals surface area contributed by atoms with Crippen molar-refractivity contribution >= 4 is 52.4 Å². The normalized spacial score (nSPS) is 20.2. The number of benzene rings is 2. The van der Waals surface area contributed by atoms with E-state index in [1.165, 1.54) is 6.33 Å². The smallest absolute Gasteiger partial charge is 0.155 e. The van der Waals surface area contributed by atoms with E-state index in [0.717, 1.165) is 27.9 Å². The van der Waals surface area contributed by atoms with Crippen molar-refractivity contribution in [3.8, 4) is 11.1 Å². The van der Waals surface area contributed by atoms with Crippen molar-refractivity contribution in [3.05, 3.63) is 87.8 Å². The minimum atomic E-state index is -1.39. The molecule has 3 heterocycles. The van der Waals surface area contributed by atoms with Crippen LogP contribution in [0.3, 0.4) is 0 Å². The topological polar surface area (TPSA) is 42.2 Å². The van der Waals surface area contributed by atoms with Crippen LogP contribution in [-0.4, -0.2) is 43.5 Å².